The molecule has 0 aliphatic carbocycles. The fraction of sp³-hybridized carbons (Fsp3) is 0.357. The number of hydrogen-bond acceptors (Lipinski definition) is 2. The first-order chi connectivity index (χ1) is 8.17. The van der Waals surface area contributed by atoms with Gasteiger partial charge >= 0.3 is 0 Å². The summed E-state index contributed by atoms with van der Waals surface area (Å²) in [5.74, 6) is 2.56. The van der Waals surface area contributed by atoms with Crippen molar-refractivity contribution in [1.29, 1.82) is 0 Å². The van der Waals surface area contributed by atoms with Crippen LogP contribution in [0.25, 0.3) is 0 Å². The van der Waals surface area contributed by atoms with Crippen LogP contribution in [0.2, 0.25) is 0 Å². The van der Waals surface area contributed by atoms with Crippen molar-refractivity contribution in [3.8, 4) is 12.3 Å². The summed E-state index contributed by atoms with van der Waals surface area (Å²) in [7, 11) is 0. The highest BCUT2D eigenvalue weighted by atomic mass is 16.2. The third-order valence-electron chi connectivity index (χ3n) is 2.35. The van der Waals surface area contributed by atoms with E-state index in [1.165, 1.54) is 0 Å². The van der Waals surface area contributed by atoms with Crippen molar-refractivity contribution in [3.05, 3.63) is 29.8 Å². The second-order valence-corrected chi connectivity index (χ2v) is 3.88. The average Bonchev–Trinajstić information content (AvgIpc) is 2.36. The summed E-state index contributed by atoms with van der Waals surface area (Å²) >= 11 is 0. The molecule has 3 heteroatoms. The molecule has 0 aliphatic heterocycles. The van der Waals surface area contributed by atoms with Gasteiger partial charge in [-0.15, -0.1) is 6.42 Å². The molecule has 0 radical (unpaired) electrons. The first-order valence-electron chi connectivity index (χ1n) is 5.78. The molecule has 0 fully saturated rings. The molecule has 1 amide bonds. The van der Waals surface area contributed by atoms with Gasteiger partial charge < -0.3 is 10.6 Å². The molecule has 1 rings (SSSR count). The van der Waals surface area contributed by atoms with E-state index in [2.05, 4.69) is 16.6 Å². The van der Waals surface area contributed by atoms with Gasteiger partial charge in [0.2, 0.25) is 5.91 Å². The van der Waals surface area contributed by atoms with Crippen LogP contribution in [0.5, 0.6) is 0 Å². The van der Waals surface area contributed by atoms with Crippen molar-refractivity contribution in [2.75, 3.05) is 11.9 Å². The van der Waals surface area contributed by atoms with Crippen LogP contribution in [0.4, 0.5) is 5.69 Å². The summed E-state index contributed by atoms with van der Waals surface area (Å²) in [4.78, 5) is 11.6. The second kappa shape index (κ2) is 6.59. The molecule has 0 spiro atoms. The summed E-state index contributed by atoms with van der Waals surface area (Å²) in [5.41, 5.74) is 1.66. The highest BCUT2D eigenvalue weighted by molar-refractivity contribution is 5.84. The predicted octanol–water partition coefficient (Wildman–Crippen LogP) is 1.99. The topological polar surface area (TPSA) is 41.1 Å². The Morgan fingerprint density at radius 2 is 2.29 bits per heavy atom. The maximum absolute atomic E-state index is 11.6. The molecule has 1 atom stereocenters. The third kappa shape index (κ3) is 4.20. The summed E-state index contributed by atoms with van der Waals surface area (Å²) in [6, 6.07) is 7.20. The molecule has 0 aromatic heterocycles. The van der Waals surface area contributed by atoms with Crippen LogP contribution in [0, 0.1) is 12.3 Å². The van der Waals surface area contributed by atoms with Crippen molar-refractivity contribution < 1.29 is 4.79 Å². The molecule has 1 aromatic carbocycles. The van der Waals surface area contributed by atoms with Gasteiger partial charge in [0, 0.05) is 17.8 Å². The van der Waals surface area contributed by atoms with E-state index in [-0.39, 0.29) is 11.9 Å². The van der Waals surface area contributed by atoms with Gasteiger partial charge in [-0.3, -0.25) is 4.79 Å². The van der Waals surface area contributed by atoms with E-state index in [1.54, 1.807) is 0 Å². The molecule has 2 N–H and O–H groups in total. The third-order valence-corrected chi connectivity index (χ3v) is 2.35. The SMILES string of the molecule is C#Cc1cccc(NC(C)C(=O)NCCC)c1. The number of nitrogens with one attached hydrogen (secondary N) is 2. The van der Waals surface area contributed by atoms with E-state index in [4.69, 9.17) is 6.42 Å². The Hall–Kier alpha value is -1.95. The van der Waals surface area contributed by atoms with Crippen molar-refractivity contribution in [2.24, 2.45) is 0 Å². The van der Waals surface area contributed by atoms with E-state index in [0.717, 1.165) is 17.7 Å². The molecule has 0 bridgehead atoms. The van der Waals surface area contributed by atoms with Crippen molar-refractivity contribution in [3.63, 3.8) is 0 Å². The molecule has 0 saturated heterocycles. The monoisotopic (exact) mass is 230 g/mol. The van der Waals surface area contributed by atoms with Crippen LogP contribution in [0.1, 0.15) is 25.8 Å². The lowest BCUT2D eigenvalue weighted by Gasteiger charge is -2.15. The number of carbonyl (C=O) groups is 1. The summed E-state index contributed by atoms with van der Waals surface area (Å²) < 4.78 is 0. The Kier molecular flexibility index (Phi) is 5.09. The largest absolute Gasteiger partial charge is 0.374 e. The zero-order chi connectivity index (χ0) is 12.7. The lowest BCUT2D eigenvalue weighted by atomic mass is 10.2. The molecule has 1 aromatic rings. The highest BCUT2D eigenvalue weighted by Crippen LogP contribution is 2.10. The number of benzene rings is 1. The Bertz CT molecular complexity index is 420. The zero-order valence-corrected chi connectivity index (χ0v) is 10.3. The number of hydrogen-bond donors (Lipinski definition) is 2. The fourth-order valence-corrected chi connectivity index (χ4v) is 1.42. The van der Waals surface area contributed by atoms with E-state index < -0.39 is 0 Å². The number of anilines is 1. The van der Waals surface area contributed by atoms with Crippen LogP contribution >= 0.6 is 0 Å². The summed E-state index contributed by atoms with van der Waals surface area (Å²) in [6.45, 7) is 4.55. The van der Waals surface area contributed by atoms with Gasteiger partial charge in [0.1, 0.15) is 6.04 Å². The van der Waals surface area contributed by atoms with E-state index in [1.807, 2.05) is 38.1 Å². The van der Waals surface area contributed by atoms with Crippen molar-refractivity contribution in [2.45, 2.75) is 26.3 Å². The molecule has 3 nitrogen and oxygen atoms in total. The number of rotatable bonds is 5. The van der Waals surface area contributed by atoms with Gasteiger partial charge in [0.25, 0.3) is 0 Å². The van der Waals surface area contributed by atoms with Gasteiger partial charge in [-0.05, 0) is 31.5 Å². The summed E-state index contributed by atoms with van der Waals surface area (Å²) in [5, 5.41) is 5.96. The van der Waals surface area contributed by atoms with Gasteiger partial charge in [0.15, 0.2) is 0 Å². The van der Waals surface area contributed by atoms with E-state index >= 15 is 0 Å². The fourth-order valence-electron chi connectivity index (χ4n) is 1.42. The maximum atomic E-state index is 11.6. The number of amides is 1. The summed E-state index contributed by atoms with van der Waals surface area (Å²) in [6.07, 6.45) is 6.25. The highest BCUT2D eigenvalue weighted by Gasteiger charge is 2.11. The number of carbonyl (C=O) groups excluding carboxylic acids is 1. The van der Waals surface area contributed by atoms with Crippen LogP contribution in [0.3, 0.4) is 0 Å². The molecule has 0 aliphatic rings. The predicted molar refractivity (Wildman–Crippen MR) is 70.8 cm³/mol. The Labute approximate surface area is 103 Å². The van der Waals surface area contributed by atoms with E-state index in [9.17, 15) is 4.79 Å². The van der Waals surface area contributed by atoms with Crippen LogP contribution in [-0.2, 0) is 4.79 Å². The first kappa shape index (κ1) is 13.1. The molecule has 0 saturated carbocycles. The first-order valence-corrected chi connectivity index (χ1v) is 5.78. The van der Waals surface area contributed by atoms with Gasteiger partial charge in [0.05, 0.1) is 0 Å². The molecular weight excluding hydrogens is 212 g/mol. The molecule has 17 heavy (non-hydrogen) atoms. The average molecular weight is 230 g/mol. The lowest BCUT2D eigenvalue weighted by molar-refractivity contribution is -0.121. The molecule has 1 unspecified atom stereocenters. The zero-order valence-electron chi connectivity index (χ0n) is 10.3. The van der Waals surface area contributed by atoms with Crippen molar-refractivity contribution in [1.82, 2.24) is 5.32 Å². The minimum Gasteiger partial charge on any atom is -0.374 e. The Morgan fingerprint density at radius 3 is 2.94 bits per heavy atom. The quantitative estimate of drug-likeness (QED) is 0.760. The van der Waals surface area contributed by atoms with E-state index in [0.29, 0.717) is 6.54 Å². The maximum Gasteiger partial charge on any atom is 0.242 e. The van der Waals surface area contributed by atoms with Crippen LogP contribution in [-0.4, -0.2) is 18.5 Å². The Morgan fingerprint density at radius 1 is 1.53 bits per heavy atom. The minimum atomic E-state index is -0.269. The molecular formula is C14H18N2O. The van der Waals surface area contributed by atoms with Gasteiger partial charge in [-0.25, -0.2) is 0 Å². The van der Waals surface area contributed by atoms with Crippen LogP contribution < -0.4 is 10.6 Å². The van der Waals surface area contributed by atoms with Gasteiger partial charge in [-0.2, -0.15) is 0 Å². The standard InChI is InChI=1S/C14H18N2O/c1-4-9-15-14(17)11(3)16-13-8-6-7-12(5-2)10-13/h2,6-8,10-11,16H,4,9H2,1,3H3,(H,15,17). The minimum absolute atomic E-state index is 0.00189. The lowest BCUT2D eigenvalue weighted by Crippen LogP contribution is -2.37. The second-order valence-electron chi connectivity index (χ2n) is 3.88. The molecule has 0 heterocycles. The normalized spacial score (nSPS) is 11.4. The molecule has 90 valence electrons. The van der Waals surface area contributed by atoms with Gasteiger partial charge in [-0.1, -0.05) is 18.9 Å². The Balaban J connectivity index is 2.58. The smallest absolute Gasteiger partial charge is 0.242 e. The van der Waals surface area contributed by atoms with Crippen molar-refractivity contribution >= 4 is 11.6 Å². The van der Waals surface area contributed by atoms with Crippen LogP contribution in [0.15, 0.2) is 24.3 Å². The number of terminal acetylenes is 1.